The van der Waals surface area contributed by atoms with Crippen molar-refractivity contribution in [1.82, 2.24) is 0 Å². The predicted molar refractivity (Wildman–Crippen MR) is 56.0 cm³/mol. The van der Waals surface area contributed by atoms with E-state index < -0.39 is 0 Å². The molecule has 1 atom stereocenters. The highest BCUT2D eigenvalue weighted by Crippen LogP contribution is 2.11. The molecule has 1 aromatic carbocycles. The van der Waals surface area contributed by atoms with E-state index in [1.807, 2.05) is 44.3 Å². The van der Waals surface area contributed by atoms with Gasteiger partial charge in [0.05, 0.1) is 6.10 Å². The van der Waals surface area contributed by atoms with Crippen molar-refractivity contribution in [3.8, 4) is 0 Å². The summed E-state index contributed by atoms with van der Waals surface area (Å²) in [6, 6.07) is 10.1. The van der Waals surface area contributed by atoms with Crippen LogP contribution < -0.4 is 4.90 Å². The number of nitrogens with zero attached hydrogens (tertiary/aromatic N) is 1. The lowest BCUT2D eigenvalue weighted by Gasteiger charge is -2.21. The van der Waals surface area contributed by atoms with Crippen LogP contribution in [0.5, 0.6) is 0 Å². The minimum absolute atomic E-state index is 0.231. The Morgan fingerprint density at radius 1 is 1.31 bits per heavy atom. The molecule has 0 aliphatic carbocycles. The van der Waals surface area contributed by atoms with Gasteiger partial charge < -0.3 is 10.0 Å². The van der Waals surface area contributed by atoms with Crippen LogP contribution >= 0.6 is 0 Å². The number of rotatable bonds is 4. The zero-order chi connectivity index (χ0) is 9.68. The van der Waals surface area contributed by atoms with Crippen molar-refractivity contribution in [3.63, 3.8) is 0 Å². The molecule has 72 valence electrons. The summed E-state index contributed by atoms with van der Waals surface area (Å²) in [5.41, 5.74) is 1.15. The smallest absolute Gasteiger partial charge is 0.0712 e. The molecule has 0 aromatic heterocycles. The average molecular weight is 179 g/mol. The van der Waals surface area contributed by atoms with Crippen molar-refractivity contribution in [1.29, 1.82) is 0 Å². The van der Waals surface area contributed by atoms with Gasteiger partial charge in [-0.25, -0.2) is 0 Å². The fourth-order valence-corrected chi connectivity index (χ4v) is 1.23. The molecule has 1 rings (SSSR count). The Hall–Kier alpha value is -1.02. The van der Waals surface area contributed by atoms with Crippen LogP contribution in [0.15, 0.2) is 30.3 Å². The molecule has 1 unspecified atom stereocenters. The zero-order valence-corrected chi connectivity index (χ0v) is 8.27. The lowest BCUT2D eigenvalue weighted by Crippen LogP contribution is -2.28. The second-order valence-corrected chi connectivity index (χ2v) is 3.28. The molecule has 0 amide bonds. The van der Waals surface area contributed by atoms with Crippen molar-refractivity contribution >= 4 is 5.69 Å². The molecule has 0 radical (unpaired) electrons. The fraction of sp³-hybridized carbons (Fsp3) is 0.455. The van der Waals surface area contributed by atoms with Gasteiger partial charge in [-0.15, -0.1) is 0 Å². The van der Waals surface area contributed by atoms with Gasteiger partial charge in [0.2, 0.25) is 0 Å². The number of likely N-dealkylation sites (N-methyl/N-ethyl adjacent to an activating group) is 1. The number of para-hydroxylation sites is 1. The fourth-order valence-electron chi connectivity index (χ4n) is 1.23. The molecule has 0 aliphatic heterocycles. The predicted octanol–water partition coefficient (Wildman–Crippen LogP) is 1.89. The van der Waals surface area contributed by atoms with Crippen LogP contribution in [0.25, 0.3) is 0 Å². The van der Waals surface area contributed by atoms with Crippen LogP contribution in [0.1, 0.15) is 13.3 Å². The molecule has 0 fully saturated rings. The van der Waals surface area contributed by atoms with Crippen LogP contribution in [0.4, 0.5) is 5.69 Å². The zero-order valence-electron chi connectivity index (χ0n) is 8.27. The first-order chi connectivity index (χ1) is 6.24. The molecule has 13 heavy (non-hydrogen) atoms. The first-order valence-corrected chi connectivity index (χ1v) is 4.68. The largest absolute Gasteiger partial charge is 0.391 e. The third-order valence-corrected chi connectivity index (χ3v) is 2.15. The minimum atomic E-state index is -0.231. The van der Waals surface area contributed by atoms with Crippen molar-refractivity contribution in [2.45, 2.75) is 19.4 Å². The van der Waals surface area contributed by atoms with Crippen molar-refractivity contribution < 1.29 is 5.11 Å². The number of aliphatic hydroxyl groups is 1. The Morgan fingerprint density at radius 3 is 2.46 bits per heavy atom. The first-order valence-electron chi connectivity index (χ1n) is 4.68. The molecule has 0 spiro atoms. The van der Waals surface area contributed by atoms with Gasteiger partial charge in [-0.1, -0.05) is 25.1 Å². The van der Waals surface area contributed by atoms with Crippen LogP contribution in [0.2, 0.25) is 0 Å². The SMILES string of the molecule is CCC(O)CN(C)c1ccccc1. The quantitative estimate of drug-likeness (QED) is 0.763. The standard InChI is InChI=1S/C11H17NO/c1-3-11(13)9-12(2)10-7-5-4-6-8-10/h4-8,11,13H,3,9H2,1-2H3. The van der Waals surface area contributed by atoms with Crippen LogP contribution in [0.3, 0.4) is 0 Å². The van der Waals surface area contributed by atoms with E-state index >= 15 is 0 Å². The van der Waals surface area contributed by atoms with E-state index in [4.69, 9.17) is 0 Å². The summed E-state index contributed by atoms with van der Waals surface area (Å²) >= 11 is 0. The summed E-state index contributed by atoms with van der Waals surface area (Å²) in [7, 11) is 1.99. The number of aliphatic hydroxyl groups excluding tert-OH is 1. The van der Waals surface area contributed by atoms with Gasteiger partial charge in [0, 0.05) is 19.3 Å². The summed E-state index contributed by atoms with van der Waals surface area (Å²) in [6.07, 6.45) is 0.571. The lowest BCUT2D eigenvalue weighted by molar-refractivity contribution is 0.177. The van der Waals surface area contributed by atoms with E-state index in [9.17, 15) is 5.11 Å². The Kier molecular flexibility index (Phi) is 3.77. The van der Waals surface area contributed by atoms with Crippen molar-refractivity contribution in [2.75, 3.05) is 18.5 Å². The molecule has 0 saturated heterocycles. The molecule has 0 aliphatic rings. The Balaban J connectivity index is 2.53. The highest BCUT2D eigenvalue weighted by molar-refractivity contribution is 5.44. The van der Waals surface area contributed by atoms with E-state index in [0.29, 0.717) is 6.54 Å². The van der Waals surface area contributed by atoms with Gasteiger partial charge in [-0.2, -0.15) is 0 Å². The van der Waals surface area contributed by atoms with Gasteiger partial charge in [0.15, 0.2) is 0 Å². The summed E-state index contributed by atoms with van der Waals surface area (Å²) < 4.78 is 0. The van der Waals surface area contributed by atoms with Gasteiger partial charge in [0.25, 0.3) is 0 Å². The maximum atomic E-state index is 9.45. The van der Waals surface area contributed by atoms with Crippen LogP contribution in [-0.2, 0) is 0 Å². The molecular formula is C11H17NO. The Labute approximate surface area is 79.8 Å². The van der Waals surface area contributed by atoms with Crippen molar-refractivity contribution in [2.24, 2.45) is 0 Å². The molecule has 0 bridgehead atoms. The number of anilines is 1. The highest BCUT2D eigenvalue weighted by Gasteiger charge is 2.05. The van der Waals surface area contributed by atoms with E-state index in [0.717, 1.165) is 12.1 Å². The topological polar surface area (TPSA) is 23.5 Å². The van der Waals surface area contributed by atoms with Gasteiger partial charge in [0.1, 0.15) is 0 Å². The van der Waals surface area contributed by atoms with E-state index in [1.54, 1.807) is 0 Å². The third kappa shape index (κ3) is 3.07. The van der Waals surface area contributed by atoms with Crippen molar-refractivity contribution in [3.05, 3.63) is 30.3 Å². The van der Waals surface area contributed by atoms with Crippen LogP contribution in [0, 0.1) is 0 Å². The molecule has 1 N–H and O–H groups in total. The summed E-state index contributed by atoms with van der Waals surface area (Å²) in [5, 5.41) is 9.45. The second-order valence-electron chi connectivity index (χ2n) is 3.28. The van der Waals surface area contributed by atoms with Crippen LogP contribution in [-0.4, -0.2) is 24.8 Å². The van der Waals surface area contributed by atoms with E-state index in [1.165, 1.54) is 0 Å². The highest BCUT2D eigenvalue weighted by atomic mass is 16.3. The summed E-state index contributed by atoms with van der Waals surface area (Å²) in [4.78, 5) is 2.06. The molecule has 2 nitrogen and oxygen atoms in total. The second kappa shape index (κ2) is 4.87. The van der Waals surface area contributed by atoms with E-state index in [-0.39, 0.29) is 6.10 Å². The lowest BCUT2D eigenvalue weighted by atomic mass is 10.2. The number of hydrogen-bond acceptors (Lipinski definition) is 2. The number of hydrogen-bond donors (Lipinski definition) is 1. The van der Waals surface area contributed by atoms with Gasteiger partial charge in [-0.05, 0) is 18.6 Å². The molecular weight excluding hydrogens is 162 g/mol. The minimum Gasteiger partial charge on any atom is -0.391 e. The molecule has 2 heteroatoms. The van der Waals surface area contributed by atoms with E-state index in [2.05, 4.69) is 4.90 Å². The third-order valence-electron chi connectivity index (χ3n) is 2.15. The Morgan fingerprint density at radius 2 is 1.92 bits per heavy atom. The van der Waals surface area contributed by atoms with Gasteiger partial charge in [-0.3, -0.25) is 0 Å². The summed E-state index contributed by atoms with van der Waals surface area (Å²) in [6.45, 7) is 2.68. The van der Waals surface area contributed by atoms with Gasteiger partial charge >= 0.3 is 0 Å². The monoisotopic (exact) mass is 179 g/mol. The Bertz CT molecular complexity index is 235. The summed E-state index contributed by atoms with van der Waals surface area (Å²) in [5.74, 6) is 0. The normalized spacial score (nSPS) is 12.5. The average Bonchev–Trinajstić information content (AvgIpc) is 2.19. The molecule has 0 saturated carbocycles. The first kappa shape index (κ1) is 10.1. The number of benzene rings is 1. The molecule has 0 heterocycles. The maximum absolute atomic E-state index is 9.45. The molecule has 1 aromatic rings. The maximum Gasteiger partial charge on any atom is 0.0712 e.